The lowest BCUT2D eigenvalue weighted by Gasteiger charge is -1.98. The maximum Gasteiger partial charge on any atom is 0.0941 e. The molecule has 1 aromatic carbocycles. The Labute approximate surface area is 78.8 Å². The minimum absolute atomic E-state index is 0.926. The average Bonchev–Trinajstić information content (AvgIpc) is 2.07. The highest BCUT2D eigenvalue weighted by Gasteiger charge is 1.98. The van der Waals surface area contributed by atoms with Gasteiger partial charge < -0.3 is 0 Å². The highest BCUT2D eigenvalue weighted by molar-refractivity contribution is 9.10. The summed E-state index contributed by atoms with van der Waals surface area (Å²) in [5.74, 6) is 0. The Morgan fingerprint density at radius 1 is 1.33 bits per heavy atom. The topological polar surface area (TPSA) is 25.8 Å². The molecular weight excluding hydrogens is 216 g/mol. The molecule has 2 aromatic rings. The van der Waals surface area contributed by atoms with Crippen molar-refractivity contribution in [3.63, 3.8) is 0 Å². The van der Waals surface area contributed by atoms with Crippen LogP contribution in [0.2, 0.25) is 0 Å². The van der Waals surface area contributed by atoms with Gasteiger partial charge in [0.1, 0.15) is 0 Å². The van der Waals surface area contributed by atoms with Crippen LogP contribution in [0.5, 0.6) is 0 Å². The molecule has 0 saturated carbocycles. The van der Waals surface area contributed by atoms with Crippen molar-refractivity contribution in [2.45, 2.75) is 6.92 Å². The number of rotatable bonds is 0. The predicted octanol–water partition coefficient (Wildman–Crippen LogP) is 2.70. The second-order valence-electron chi connectivity index (χ2n) is 2.71. The third-order valence-corrected chi connectivity index (χ3v) is 2.38. The number of nitrogens with zero attached hydrogens (tertiary/aromatic N) is 2. The van der Waals surface area contributed by atoms with Crippen molar-refractivity contribution in [2.75, 3.05) is 0 Å². The van der Waals surface area contributed by atoms with Gasteiger partial charge in [-0.05, 0) is 35.0 Å². The van der Waals surface area contributed by atoms with Gasteiger partial charge in [0.15, 0.2) is 0 Å². The van der Waals surface area contributed by atoms with Crippen LogP contribution in [0.4, 0.5) is 0 Å². The molecule has 0 aliphatic heterocycles. The van der Waals surface area contributed by atoms with Crippen LogP contribution in [0.3, 0.4) is 0 Å². The molecule has 3 heteroatoms. The second-order valence-corrected chi connectivity index (χ2v) is 3.57. The molecule has 0 radical (unpaired) electrons. The van der Waals surface area contributed by atoms with E-state index in [0.717, 1.165) is 15.4 Å². The molecule has 0 spiro atoms. The number of halogens is 1. The zero-order chi connectivity index (χ0) is 8.55. The largest absolute Gasteiger partial charge is 0.157 e. The highest BCUT2D eigenvalue weighted by Crippen LogP contribution is 2.21. The predicted molar refractivity (Wildman–Crippen MR) is 52.0 cm³/mol. The smallest absolute Gasteiger partial charge is 0.0941 e. The number of aryl methyl sites for hydroxylation is 1. The Kier molecular flexibility index (Phi) is 1.81. The molecule has 2 rings (SSSR count). The fraction of sp³-hybridized carbons (Fsp3) is 0.111. The van der Waals surface area contributed by atoms with Gasteiger partial charge in [-0.15, -0.1) is 0 Å². The number of benzene rings is 1. The molecule has 0 amide bonds. The van der Waals surface area contributed by atoms with Crippen LogP contribution in [0.15, 0.2) is 28.9 Å². The molecule has 0 N–H and O–H groups in total. The van der Waals surface area contributed by atoms with Gasteiger partial charge in [-0.25, -0.2) is 0 Å². The molecule has 0 unspecified atom stereocenters. The first-order valence-electron chi connectivity index (χ1n) is 3.65. The van der Waals surface area contributed by atoms with Crippen LogP contribution < -0.4 is 0 Å². The van der Waals surface area contributed by atoms with Crippen molar-refractivity contribution in [3.05, 3.63) is 34.4 Å². The Hall–Kier alpha value is -0.960. The molecule has 0 aliphatic rings. The minimum atomic E-state index is 0.926. The van der Waals surface area contributed by atoms with Gasteiger partial charge in [0.25, 0.3) is 0 Å². The van der Waals surface area contributed by atoms with E-state index in [9.17, 15) is 0 Å². The Bertz CT molecular complexity index is 426. The minimum Gasteiger partial charge on any atom is -0.157 e. The molecular formula is C9H7BrN2. The summed E-state index contributed by atoms with van der Waals surface area (Å²) in [5, 5.41) is 8.96. The first-order chi connectivity index (χ1) is 5.77. The van der Waals surface area contributed by atoms with E-state index < -0.39 is 0 Å². The van der Waals surface area contributed by atoms with Gasteiger partial charge in [0.2, 0.25) is 0 Å². The lowest BCUT2D eigenvalue weighted by atomic mass is 10.2. The summed E-state index contributed by atoms with van der Waals surface area (Å²) in [5.41, 5.74) is 2.16. The highest BCUT2D eigenvalue weighted by atomic mass is 79.9. The molecule has 2 nitrogen and oxygen atoms in total. The van der Waals surface area contributed by atoms with Crippen LogP contribution in [-0.2, 0) is 0 Å². The maximum atomic E-state index is 4.00. The molecule has 0 atom stereocenters. The molecule has 0 fully saturated rings. The fourth-order valence-electron chi connectivity index (χ4n) is 1.14. The van der Waals surface area contributed by atoms with E-state index in [1.54, 1.807) is 6.20 Å². The second kappa shape index (κ2) is 2.83. The van der Waals surface area contributed by atoms with Gasteiger partial charge >= 0.3 is 0 Å². The lowest BCUT2D eigenvalue weighted by Crippen LogP contribution is -1.84. The van der Waals surface area contributed by atoms with Crippen molar-refractivity contribution in [3.8, 4) is 0 Å². The SMILES string of the molecule is Cc1ccc2nncc(Br)c2c1. The zero-order valence-electron chi connectivity index (χ0n) is 6.58. The van der Waals surface area contributed by atoms with Crippen LogP contribution in [-0.4, -0.2) is 10.2 Å². The average molecular weight is 223 g/mol. The Morgan fingerprint density at radius 2 is 2.17 bits per heavy atom. The van der Waals surface area contributed by atoms with E-state index in [-0.39, 0.29) is 0 Å². The molecule has 0 bridgehead atoms. The van der Waals surface area contributed by atoms with E-state index in [4.69, 9.17) is 0 Å². The third kappa shape index (κ3) is 1.20. The van der Waals surface area contributed by atoms with E-state index in [2.05, 4.69) is 39.1 Å². The van der Waals surface area contributed by atoms with Crippen molar-refractivity contribution >= 4 is 26.8 Å². The molecule has 12 heavy (non-hydrogen) atoms. The van der Waals surface area contributed by atoms with E-state index in [1.165, 1.54) is 5.56 Å². The van der Waals surface area contributed by atoms with Crippen LogP contribution >= 0.6 is 15.9 Å². The number of hydrogen-bond donors (Lipinski definition) is 0. The molecule has 0 saturated heterocycles. The van der Waals surface area contributed by atoms with Gasteiger partial charge in [0.05, 0.1) is 11.7 Å². The number of hydrogen-bond acceptors (Lipinski definition) is 2. The summed E-state index contributed by atoms with van der Waals surface area (Å²) in [6.45, 7) is 2.06. The molecule has 1 aromatic heterocycles. The van der Waals surface area contributed by atoms with E-state index in [0.29, 0.717) is 0 Å². The zero-order valence-corrected chi connectivity index (χ0v) is 8.17. The van der Waals surface area contributed by atoms with Crippen molar-refractivity contribution in [2.24, 2.45) is 0 Å². The summed E-state index contributed by atoms with van der Waals surface area (Å²) in [4.78, 5) is 0. The summed E-state index contributed by atoms with van der Waals surface area (Å²) in [7, 11) is 0. The maximum absolute atomic E-state index is 4.00. The first-order valence-corrected chi connectivity index (χ1v) is 4.44. The standard InChI is InChI=1S/C9H7BrN2/c1-6-2-3-9-7(4-6)8(10)5-11-12-9/h2-5H,1H3. The fourth-order valence-corrected chi connectivity index (χ4v) is 1.55. The van der Waals surface area contributed by atoms with Gasteiger partial charge in [0, 0.05) is 9.86 Å². The van der Waals surface area contributed by atoms with Crippen molar-refractivity contribution in [1.29, 1.82) is 0 Å². The van der Waals surface area contributed by atoms with Gasteiger partial charge in [-0.1, -0.05) is 11.6 Å². The monoisotopic (exact) mass is 222 g/mol. The first kappa shape index (κ1) is 7.68. The van der Waals surface area contributed by atoms with Crippen LogP contribution in [0.25, 0.3) is 10.9 Å². The summed E-state index contributed by atoms with van der Waals surface area (Å²) in [6, 6.07) is 6.10. The normalized spacial score (nSPS) is 10.5. The third-order valence-electron chi connectivity index (χ3n) is 1.75. The van der Waals surface area contributed by atoms with Gasteiger partial charge in [-0.2, -0.15) is 10.2 Å². The lowest BCUT2D eigenvalue weighted by molar-refractivity contribution is 1.07. The molecule has 1 heterocycles. The van der Waals surface area contributed by atoms with Gasteiger partial charge in [-0.3, -0.25) is 0 Å². The van der Waals surface area contributed by atoms with Crippen LogP contribution in [0, 0.1) is 6.92 Å². The molecule has 0 aliphatic carbocycles. The van der Waals surface area contributed by atoms with Crippen molar-refractivity contribution < 1.29 is 0 Å². The Morgan fingerprint density at radius 3 is 3.00 bits per heavy atom. The molecule has 60 valence electrons. The number of fused-ring (bicyclic) bond motifs is 1. The van der Waals surface area contributed by atoms with Crippen LogP contribution in [0.1, 0.15) is 5.56 Å². The summed E-state index contributed by atoms with van der Waals surface area (Å²) >= 11 is 3.43. The summed E-state index contributed by atoms with van der Waals surface area (Å²) in [6.07, 6.45) is 1.71. The number of aromatic nitrogens is 2. The summed E-state index contributed by atoms with van der Waals surface area (Å²) < 4.78 is 0.996. The quantitative estimate of drug-likeness (QED) is 0.686. The van der Waals surface area contributed by atoms with Crippen molar-refractivity contribution in [1.82, 2.24) is 10.2 Å². The van der Waals surface area contributed by atoms with E-state index >= 15 is 0 Å². The van der Waals surface area contributed by atoms with E-state index in [1.807, 2.05) is 12.1 Å². The Balaban J connectivity index is 2.88.